The smallest absolute Gasteiger partial charge is 0.319 e. The lowest BCUT2D eigenvalue weighted by Crippen LogP contribution is -2.30. The van der Waals surface area contributed by atoms with Gasteiger partial charge in [-0.3, -0.25) is 0 Å². The molecule has 0 radical (unpaired) electrons. The number of nitrogens with zero attached hydrogens (tertiary/aromatic N) is 2. The highest BCUT2D eigenvalue weighted by atomic mass is 35.5. The van der Waals surface area contributed by atoms with E-state index in [1.807, 2.05) is 19.1 Å². The Bertz CT molecular complexity index is 592. The standard InChI is InChI=1S/C13H15ClN4O2/c1-8-4-3-5-10(14)12(8)17-13(19)15-7-6-11-16-9(2)18-20-11/h3-5H,6-7H2,1-2H3,(H2,15,17,19). The maximum atomic E-state index is 11.8. The van der Waals surface area contributed by atoms with E-state index >= 15 is 0 Å². The van der Waals surface area contributed by atoms with Crippen molar-refractivity contribution < 1.29 is 9.32 Å². The largest absolute Gasteiger partial charge is 0.339 e. The van der Waals surface area contributed by atoms with Gasteiger partial charge < -0.3 is 15.2 Å². The number of hydrogen-bond acceptors (Lipinski definition) is 4. The van der Waals surface area contributed by atoms with Crippen LogP contribution in [0.25, 0.3) is 0 Å². The van der Waals surface area contributed by atoms with Gasteiger partial charge in [0.15, 0.2) is 5.82 Å². The highest BCUT2D eigenvalue weighted by Crippen LogP contribution is 2.24. The van der Waals surface area contributed by atoms with E-state index in [-0.39, 0.29) is 6.03 Å². The molecule has 106 valence electrons. The van der Waals surface area contributed by atoms with E-state index in [0.717, 1.165) is 5.56 Å². The molecule has 0 unspecified atom stereocenters. The Kier molecular flexibility index (Phi) is 4.57. The summed E-state index contributed by atoms with van der Waals surface area (Å²) in [7, 11) is 0. The molecule has 0 saturated heterocycles. The number of nitrogens with one attached hydrogen (secondary N) is 2. The highest BCUT2D eigenvalue weighted by molar-refractivity contribution is 6.33. The Morgan fingerprint density at radius 2 is 2.20 bits per heavy atom. The molecule has 20 heavy (non-hydrogen) atoms. The first-order chi connectivity index (χ1) is 9.56. The van der Waals surface area contributed by atoms with Gasteiger partial charge in [0.1, 0.15) is 0 Å². The van der Waals surface area contributed by atoms with Gasteiger partial charge in [-0.05, 0) is 25.5 Å². The average Bonchev–Trinajstić information content (AvgIpc) is 2.80. The number of amides is 2. The molecule has 2 N–H and O–H groups in total. The van der Waals surface area contributed by atoms with Crippen LogP contribution in [0.15, 0.2) is 22.7 Å². The third-order valence-electron chi connectivity index (χ3n) is 2.65. The fraction of sp³-hybridized carbons (Fsp3) is 0.308. The average molecular weight is 295 g/mol. The molecule has 0 aliphatic rings. The first-order valence-electron chi connectivity index (χ1n) is 6.15. The van der Waals surface area contributed by atoms with Crippen LogP contribution >= 0.6 is 11.6 Å². The zero-order valence-electron chi connectivity index (χ0n) is 11.2. The van der Waals surface area contributed by atoms with E-state index in [1.54, 1.807) is 13.0 Å². The van der Waals surface area contributed by atoms with Crippen molar-refractivity contribution >= 4 is 23.3 Å². The topological polar surface area (TPSA) is 80.0 Å². The van der Waals surface area contributed by atoms with E-state index in [9.17, 15) is 4.79 Å². The summed E-state index contributed by atoms with van der Waals surface area (Å²) in [5, 5.41) is 9.61. The second-order valence-corrected chi connectivity index (χ2v) is 4.71. The molecule has 2 amide bonds. The Balaban J connectivity index is 1.84. The molecule has 1 aromatic carbocycles. The lowest BCUT2D eigenvalue weighted by Gasteiger charge is -2.10. The molecule has 0 spiro atoms. The molecule has 0 aliphatic heterocycles. The van der Waals surface area contributed by atoms with Crippen molar-refractivity contribution in [1.29, 1.82) is 0 Å². The summed E-state index contributed by atoms with van der Waals surface area (Å²) in [6.07, 6.45) is 0.482. The predicted molar refractivity (Wildman–Crippen MR) is 75.9 cm³/mol. The molecule has 1 aromatic heterocycles. The lowest BCUT2D eigenvalue weighted by molar-refractivity contribution is 0.252. The Hall–Kier alpha value is -2.08. The Morgan fingerprint density at radius 3 is 2.85 bits per heavy atom. The molecule has 7 heteroatoms. The summed E-state index contributed by atoms with van der Waals surface area (Å²) in [5.74, 6) is 1.08. The van der Waals surface area contributed by atoms with E-state index in [1.165, 1.54) is 0 Å². The van der Waals surface area contributed by atoms with Crippen molar-refractivity contribution in [1.82, 2.24) is 15.5 Å². The van der Waals surface area contributed by atoms with Gasteiger partial charge in [0.25, 0.3) is 0 Å². The molecular formula is C13H15ClN4O2. The molecule has 1 heterocycles. The number of hydrogen-bond donors (Lipinski definition) is 2. The zero-order chi connectivity index (χ0) is 14.5. The molecule has 6 nitrogen and oxygen atoms in total. The molecule has 0 atom stereocenters. The number of halogens is 1. The first kappa shape index (κ1) is 14.3. The fourth-order valence-corrected chi connectivity index (χ4v) is 1.94. The second kappa shape index (κ2) is 6.38. The number of carbonyl (C=O) groups is 1. The summed E-state index contributed by atoms with van der Waals surface area (Å²) in [6.45, 7) is 4.02. The second-order valence-electron chi connectivity index (χ2n) is 4.30. The van der Waals surface area contributed by atoms with Gasteiger partial charge in [0.05, 0.1) is 10.7 Å². The normalized spacial score (nSPS) is 10.3. The van der Waals surface area contributed by atoms with E-state index in [0.29, 0.717) is 35.4 Å². The summed E-state index contributed by atoms with van der Waals surface area (Å²) < 4.78 is 4.95. The summed E-state index contributed by atoms with van der Waals surface area (Å²) in [4.78, 5) is 15.8. The van der Waals surface area contributed by atoms with Gasteiger partial charge in [0.2, 0.25) is 5.89 Å². The maximum absolute atomic E-state index is 11.8. The molecule has 0 fully saturated rings. The van der Waals surface area contributed by atoms with Crippen LogP contribution in [0.3, 0.4) is 0 Å². The SMILES string of the molecule is Cc1noc(CCNC(=O)Nc2c(C)cccc2Cl)n1. The number of anilines is 1. The van der Waals surface area contributed by atoms with Crippen LogP contribution in [0.2, 0.25) is 5.02 Å². The fourth-order valence-electron chi connectivity index (χ4n) is 1.67. The minimum atomic E-state index is -0.322. The number of aromatic nitrogens is 2. The predicted octanol–water partition coefficient (Wildman–Crippen LogP) is 2.70. The number of carbonyl (C=O) groups excluding carboxylic acids is 1. The third kappa shape index (κ3) is 3.71. The molecule has 2 rings (SSSR count). The van der Waals surface area contributed by atoms with Gasteiger partial charge in [-0.25, -0.2) is 4.79 Å². The van der Waals surface area contributed by atoms with Gasteiger partial charge in [-0.15, -0.1) is 0 Å². The molecule has 0 bridgehead atoms. The van der Waals surface area contributed by atoms with Crippen molar-refractivity contribution in [2.45, 2.75) is 20.3 Å². The maximum Gasteiger partial charge on any atom is 0.319 e. The minimum Gasteiger partial charge on any atom is -0.339 e. The minimum absolute atomic E-state index is 0.322. The van der Waals surface area contributed by atoms with Crippen LogP contribution in [0.5, 0.6) is 0 Å². The van der Waals surface area contributed by atoms with Crippen LogP contribution in [0.1, 0.15) is 17.3 Å². The zero-order valence-corrected chi connectivity index (χ0v) is 12.0. The number of urea groups is 1. The quantitative estimate of drug-likeness (QED) is 0.908. The van der Waals surface area contributed by atoms with Crippen molar-refractivity contribution in [3.05, 3.63) is 40.5 Å². The van der Waals surface area contributed by atoms with Crippen molar-refractivity contribution in [2.75, 3.05) is 11.9 Å². The van der Waals surface area contributed by atoms with Crippen molar-refractivity contribution in [3.8, 4) is 0 Å². The first-order valence-corrected chi connectivity index (χ1v) is 6.53. The van der Waals surface area contributed by atoms with Gasteiger partial charge in [0, 0.05) is 13.0 Å². The van der Waals surface area contributed by atoms with Crippen molar-refractivity contribution in [2.24, 2.45) is 0 Å². The third-order valence-corrected chi connectivity index (χ3v) is 2.97. The molecular weight excluding hydrogens is 280 g/mol. The summed E-state index contributed by atoms with van der Waals surface area (Å²) in [6, 6.07) is 5.12. The van der Waals surface area contributed by atoms with Crippen molar-refractivity contribution in [3.63, 3.8) is 0 Å². The lowest BCUT2D eigenvalue weighted by atomic mass is 10.2. The van der Waals surface area contributed by atoms with Gasteiger partial charge in [-0.2, -0.15) is 4.98 Å². The Labute approximate surface area is 121 Å². The number of rotatable bonds is 4. The summed E-state index contributed by atoms with van der Waals surface area (Å²) in [5.41, 5.74) is 1.51. The van der Waals surface area contributed by atoms with E-state index in [4.69, 9.17) is 16.1 Å². The van der Waals surface area contributed by atoms with E-state index in [2.05, 4.69) is 20.8 Å². The van der Waals surface area contributed by atoms with Gasteiger partial charge >= 0.3 is 6.03 Å². The number of aryl methyl sites for hydroxylation is 2. The molecule has 0 aliphatic carbocycles. The number of benzene rings is 1. The monoisotopic (exact) mass is 294 g/mol. The van der Waals surface area contributed by atoms with Crippen LogP contribution in [-0.2, 0) is 6.42 Å². The molecule has 0 saturated carbocycles. The van der Waals surface area contributed by atoms with Crippen LogP contribution in [0, 0.1) is 13.8 Å². The van der Waals surface area contributed by atoms with Crippen LogP contribution < -0.4 is 10.6 Å². The van der Waals surface area contributed by atoms with E-state index < -0.39 is 0 Å². The van der Waals surface area contributed by atoms with Crippen LogP contribution in [0.4, 0.5) is 10.5 Å². The summed E-state index contributed by atoms with van der Waals surface area (Å²) >= 11 is 6.03. The number of para-hydroxylation sites is 1. The Morgan fingerprint density at radius 1 is 1.40 bits per heavy atom. The van der Waals surface area contributed by atoms with Gasteiger partial charge in [-0.1, -0.05) is 28.9 Å². The highest BCUT2D eigenvalue weighted by Gasteiger charge is 2.08. The molecule has 2 aromatic rings. The van der Waals surface area contributed by atoms with Crippen LogP contribution in [-0.4, -0.2) is 22.7 Å².